The van der Waals surface area contributed by atoms with Gasteiger partial charge >= 0.3 is 13.1 Å². The van der Waals surface area contributed by atoms with Crippen LogP contribution >= 0.6 is 0 Å². The van der Waals surface area contributed by atoms with Crippen LogP contribution in [0.5, 0.6) is 0 Å². The number of rotatable bonds is 24. The van der Waals surface area contributed by atoms with Gasteiger partial charge in [-0.25, -0.2) is 8.78 Å². The molecule has 1 rings (SSSR count). The number of amides is 2. The minimum absolute atomic E-state index is 0.0636. The van der Waals surface area contributed by atoms with Crippen LogP contribution in [0.25, 0.3) is 0 Å². The van der Waals surface area contributed by atoms with E-state index in [1.165, 1.54) is 25.7 Å². The summed E-state index contributed by atoms with van der Waals surface area (Å²) in [6.45, 7) is 0.901. The lowest BCUT2D eigenvalue weighted by atomic mass is 9.79. The normalized spacial score (nSPS) is 11.7. The van der Waals surface area contributed by atoms with Gasteiger partial charge in [0.1, 0.15) is 23.2 Å². The second-order valence-electron chi connectivity index (χ2n) is 10.5. The Morgan fingerprint density at radius 1 is 0.756 bits per heavy atom. The van der Waals surface area contributed by atoms with E-state index in [-0.39, 0.29) is 11.4 Å². The molecule has 0 heterocycles. The second kappa shape index (κ2) is 22.1. The van der Waals surface area contributed by atoms with E-state index in [1.807, 2.05) is 0 Å². The number of hydrogen-bond acceptors (Lipinski definition) is 6. The Labute approximate surface area is 243 Å². The first kappa shape index (κ1) is 36.5. The monoisotopic (exact) mass is 583 g/mol. The maximum atomic E-state index is 14.0. The highest BCUT2D eigenvalue weighted by Crippen LogP contribution is 2.14. The molecule has 0 spiro atoms. The van der Waals surface area contributed by atoms with Gasteiger partial charge in [-0.3, -0.25) is 14.4 Å². The van der Waals surface area contributed by atoms with E-state index in [0.717, 1.165) is 69.9 Å². The van der Waals surface area contributed by atoms with Crippen molar-refractivity contribution < 1.29 is 38.3 Å². The van der Waals surface area contributed by atoms with Crippen molar-refractivity contribution in [1.82, 2.24) is 16.0 Å². The molecule has 0 aliphatic rings. The molecule has 41 heavy (non-hydrogen) atoms. The fourth-order valence-corrected chi connectivity index (χ4v) is 4.61. The lowest BCUT2D eigenvalue weighted by Gasteiger charge is -2.10. The standard InChI is InChI=1S/C29H48BF2N3O6/c1-33-25(29(38)39)16-13-15-18-34-26(36)17-12-10-8-6-4-2-3-5-7-9-11-14-19-35-28(37)27-23(31)20-22(30(40)41)21-24(27)32/h20-21,25,33,40-41H,2-19H2,1H3,(H,34,36)(H,35,37)(H,38,39)/t25-/m0/s1. The molecule has 0 aliphatic carbocycles. The number of halogens is 2. The molecular formula is C29H48BF2N3O6. The number of carbonyl (C=O) groups is 3. The number of benzene rings is 1. The number of carboxylic acid groups (broad SMARTS) is 1. The van der Waals surface area contributed by atoms with E-state index in [0.29, 0.717) is 32.4 Å². The number of carboxylic acids is 1. The minimum atomic E-state index is -2.01. The van der Waals surface area contributed by atoms with Crippen molar-refractivity contribution in [1.29, 1.82) is 0 Å². The number of carbonyl (C=O) groups excluding carboxylic acids is 2. The Kier molecular flexibility index (Phi) is 19.6. The van der Waals surface area contributed by atoms with E-state index < -0.39 is 42.2 Å². The smallest absolute Gasteiger partial charge is 0.480 e. The zero-order chi connectivity index (χ0) is 30.5. The van der Waals surface area contributed by atoms with Gasteiger partial charge < -0.3 is 31.1 Å². The van der Waals surface area contributed by atoms with Crippen molar-refractivity contribution in [2.24, 2.45) is 0 Å². The van der Waals surface area contributed by atoms with Gasteiger partial charge in [0.05, 0.1) is 0 Å². The quantitative estimate of drug-likeness (QED) is 0.0808. The summed E-state index contributed by atoms with van der Waals surface area (Å²) in [5.74, 6) is -3.90. The summed E-state index contributed by atoms with van der Waals surface area (Å²) in [7, 11) is -0.378. The van der Waals surface area contributed by atoms with Crippen molar-refractivity contribution in [3.8, 4) is 0 Å². The summed E-state index contributed by atoms with van der Waals surface area (Å²) < 4.78 is 28.0. The Balaban J connectivity index is 1.91. The second-order valence-corrected chi connectivity index (χ2v) is 10.5. The van der Waals surface area contributed by atoms with Crippen LogP contribution in [-0.2, 0) is 9.59 Å². The molecule has 6 N–H and O–H groups in total. The van der Waals surface area contributed by atoms with E-state index in [2.05, 4.69) is 16.0 Å². The largest absolute Gasteiger partial charge is 0.488 e. The van der Waals surface area contributed by atoms with Crippen LogP contribution in [-0.4, -0.2) is 66.2 Å². The predicted octanol–water partition coefficient (Wildman–Crippen LogP) is 3.40. The highest BCUT2D eigenvalue weighted by atomic mass is 19.1. The van der Waals surface area contributed by atoms with Crippen LogP contribution in [0.1, 0.15) is 113 Å². The van der Waals surface area contributed by atoms with E-state index >= 15 is 0 Å². The van der Waals surface area contributed by atoms with Crippen LogP contribution < -0.4 is 21.4 Å². The molecule has 232 valence electrons. The van der Waals surface area contributed by atoms with Crippen molar-refractivity contribution in [2.75, 3.05) is 20.1 Å². The molecule has 0 bridgehead atoms. The zero-order valence-electron chi connectivity index (χ0n) is 24.4. The fraction of sp³-hybridized carbons (Fsp3) is 0.690. The Morgan fingerprint density at radius 3 is 1.71 bits per heavy atom. The van der Waals surface area contributed by atoms with E-state index in [1.54, 1.807) is 7.05 Å². The van der Waals surface area contributed by atoms with Gasteiger partial charge in [-0.05, 0) is 56.7 Å². The van der Waals surface area contributed by atoms with Gasteiger partial charge in [0.25, 0.3) is 5.91 Å². The number of unbranched alkanes of at least 4 members (excludes halogenated alkanes) is 12. The van der Waals surface area contributed by atoms with Gasteiger partial charge in [-0.1, -0.05) is 64.2 Å². The molecule has 1 atom stereocenters. The van der Waals surface area contributed by atoms with Crippen molar-refractivity contribution >= 4 is 30.4 Å². The first-order valence-corrected chi connectivity index (χ1v) is 15.0. The maximum Gasteiger partial charge on any atom is 0.488 e. The third kappa shape index (κ3) is 16.5. The van der Waals surface area contributed by atoms with Crippen LogP contribution in [0, 0.1) is 11.6 Å². The Hall–Kier alpha value is -2.57. The molecule has 0 unspecified atom stereocenters. The van der Waals surface area contributed by atoms with E-state index in [4.69, 9.17) is 15.2 Å². The zero-order valence-corrected chi connectivity index (χ0v) is 24.4. The van der Waals surface area contributed by atoms with Crippen LogP contribution in [0.15, 0.2) is 12.1 Å². The molecule has 1 aromatic rings. The fourth-order valence-electron chi connectivity index (χ4n) is 4.61. The molecule has 0 saturated carbocycles. The lowest BCUT2D eigenvalue weighted by Crippen LogP contribution is -2.33. The molecular weight excluding hydrogens is 535 g/mol. The highest BCUT2D eigenvalue weighted by Gasteiger charge is 2.22. The van der Waals surface area contributed by atoms with Gasteiger partial charge in [-0.15, -0.1) is 0 Å². The van der Waals surface area contributed by atoms with Crippen LogP contribution in [0.2, 0.25) is 0 Å². The van der Waals surface area contributed by atoms with Gasteiger partial charge in [0.2, 0.25) is 5.91 Å². The lowest BCUT2D eigenvalue weighted by molar-refractivity contribution is -0.139. The summed E-state index contributed by atoms with van der Waals surface area (Å²) in [6, 6.07) is 0.947. The number of likely N-dealkylation sites (N-methyl/N-ethyl adjacent to an activating group) is 1. The van der Waals surface area contributed by atoms with Crippen molar-refractivity contribution in [2.45, 2.75) is 109 Å². The minimum Gasteiger partial charge on any atom is -0.480 e. The average Bonchev–Trinajstić information content (AvgIpc) is 2.92. The topological polar surface area (TPSA) is 148 Å². The molecule has 0 aliphatic heterocycles. The van der Waals surface area contributed by atoms with Crippen molar-refractivity contribution in [3.05, 3.63) is 29.3 Å². The van der Waals surface area contributed by atoms with Crippen LogP contribution in [0.4, 0.5) is 8.78 Å². The first-order chi connectivity index (χ1) is 19.7. The summed E-state index contributed by atoms with van der Waals surface area (Å²) in [5.41, 5.74) is -1.07. The van der Waals surface area contributed by atoms with Gasteiger partial charge in [-0.2, -0.15) is 0 Å². The average molecular weight is 584 g/mol. The number of hydrogen-bond donors (Lipinski definition) is 6. The molecule has 9 nitrogen and oxygen atoms in total. The molecule has 2 amide bonds. The molecule has 0 saturated heterocycles. The number of nitrogens with one attached hydrogen (secondary N) is 3. The summed E-state index contributed by atoms with van der Waals surface area (Å²) >= 11 is 0. The SMILES string of the molecule is CN[C@@H](CCCCNC(=O)CCCCCCCCCCCCCCNC(=O)c1c(F)cc(B(O)O)cc1F)C(=O)O. The number of aliphatic carboxylic acids is 1. The molecule has 1 aromatic carbocycles. The molecule has 0 radical (unpaired) electrons. The molecule has 12 heteroatoms. The Bertz CT molecular complexity index is 900. The summed E-state index contributed by atoms with van der Waals surface area (Å²) in [4.78, 5) is 34.9. The summed E-state index contributed by atoms with van der Waals surface area (Å²) in [6.07, 6.45) is 15.3. The Morgan fingerprint density at radius 2 is 1.22 bits per heavy atom. The molecule has 0 aromatic heterocycles. The van der Waals surface area contributed by atoms with Gasteiger partial charge in [0.15, 0.2) is 0 Å². The van der Waals surface area contributed by atoms with Gasteiger partial charge in [0, 0.05) is 19.5 Å². The first-order valence-electron chi connectivity index (χ1n) is 15.0. The third-order valence-electron chi connectivity index (χ3n) is 7.09. The predicted molar refractivity (Wildman–Crippen MR) is 156 cm³/mol. The molecule has 0 fully saturated rings. The summed E-state index contributed by atoms with van der Waals surface area (Å²) in [5, 5.41) is 35.2. The highest BCUT2D eigenvalue weighted by molar-refractivity contribution is 6.58. The maximum absolute atomic E-state index is 14.0. The van der Waals surface area contributed by atoms with Crippen LogP contribution in [0.3, 0.4) is 0 Å². The van der Waals surface area contributed by atoms with E-state index in [9.17, 15) is 23.2 Å². The van der Waals surface area contributed by atoms with Crippen molar-refractivity contribution in [3.63, 3.8) is 0 Å². The third-order valence-corrected chi connectivity index (χ3v) is 7.09.